The maximum Gasteiger partial charge on any atom is 0.240 e. The zero-order chi connectivity index (χ0) is 13.2. The Morgan fingerprint density at radius 1 is 1.11 bits per heavy atom. The van der Waals surface area contributed by atoms with E-state index in [-0.39, 0.29) is 23.9 Å². The lowest BCUT2D eigenvalue weighted by Gasteiger charge is -2.44. The Balaban J connectivity index is 0.00000180. The molecule has 2 aliphatic rings. The molecule has 0 atom stereocenters. The fourth-order valence-corrected chi connectivity index (χ4v) is 3.20. The molecule has 0 aromatic carbocycles. The number of hydrogen-bond donors (Lipinski definition) is 2. The number of hydrogen-bond acceptors (Lipinski definition) is 3. The molecule has 0 aromatic rings. The Morgan fingerprint density at radius 2 is 1.68 bits per heavy atom. The third kappa shape index (κ3) is 3.41. The summed E-state index contributed by atoms with van der Waals surface area (Å²) in [4.78, 5) is 14.4. The standard InChI is InChI=1S/C14H27N3O.ClH/c1-17(2)13(7-4-3-5-8-13)11-16-12(18)14(15)9-6-10-14;/h3-11,15H2,1-2H3,(H,16,18);1H. The van der Waals surface area contributed by atoms with Crippen LogP contribution in [0.25, 0.3) is 0 Å². The van der Waals surface area contributed by atoms with E-state index in [1.165, 1.54) is 32.1 Å². The van der Waals surface area contributed by atoms with Gasteiger partial charge in [0.1, 0.15) is 0 Å². The topological polar surface area (TPSA) is 58.4 Å². The zero-order valence-electron chi connectivity index (χ0n) is 12.2. The van der Waals surface area contributed by atoms with Crippen LogP contribution in [-0.4, -0.2) is 42.5 Å². The molecule has 112 valence electrons. The van der Waals surface area contributed by atoms with Crippen molar-refractivity contribution in [1.29, 1.82) is 0 Å². The molecule has 2 saturated carbocycles. The van der Waals surface area contributed by atoms with Crippen LogP contribution in [0.5, 0.6) is 0 Å². The molecule has 0 aliphatic heterocycles. The smallest absolute Gasteiger partial charge is 0.240 e. The molecule has 0 spiro atoms. The van der Waals surface area contributed by atoms with Crippen LogP contribution in [0.3, 0.4) is 0 Å². The van der Waals surface area contributed by atoms with Crippen molar-refractivity contribution in [2.45, 2.75) is 62.4 Å². The maximum absolute atomic E-state index is 12.1. The molecule has 5 heteroatoms. The second-order valence-corrected chi connectivity index (χ2v) is 6.37. The van der Waals surface area contributed by atoms with Crippen LogP contribution in [0.1, 0.15) is 51.4 Å². The lowest BCUT2D eigenvalue weighted by molar-refractivity contribution is -0.130. The first kappa shape index (κ1) is 16.7. The number of nitrogens with one attached hydrogen (secondary N) is 1. The van der Waals surface area contributed by atoms with Crippen molar-refractivity contribution < 1.29 is 4.79 Å². The molecule has 0 aromatic heterocycles. The van der Waals surface area contributed by atoms with Crippen molar-refractivity contribution >= 4 is 18.3 Å². The molecule has 0 heterocycles. The third-order valence-electron chi connectivity index (χ3n) is 5.01. The lowest BCUT2D eigenvalue weighted by Crippen LogP contribution is -2.62. The first-order valence-corrected chi connectivity index (χ1v) is 7.23. The molecule has 2 aliphatic carbocycles. The van der Waals surface area contributed by atoms with Crippen LogP contribution in [-0.2, 0) is 4.79 Å². The van der Waals surface area contributed by atoms with Gasteiger partial charge in [-0.1, -0.05) is 19.3 Å². The zero-order valence-corrected chi connectivity index (χ0v) is 13.0. The summed E-state index contributed by atoms with van der Waals surface area (Å²) in [5, 5.41) is 3.11. The average molecular weight is 290 g/mol. The highest BCUT2D eigenvalue weighted by atomic mass is 35.5. The number of rotatable bonds is 4. The largest absolute Gasteiger partial charge is 0.353 e. The number of halogens is 1. The predicted molar refractivity (Wildman–Crippen MR) is 80.5 cm³/mol. The van der Waals surface area contributed by atoms with Gasteiger partial charge in [-0.15, -0.1) is 12.4 Å². The molecule has 2 rings (SSSR count). The van der Waals surface area contributed by atoms with Crippen LogP contribution in [0, 0.1) is 0 Å². The van der Waals surface area contributed by atoms with Crippen LogP contribution in [0.2, 0.25) is 0 Å². The van der Waals surface area contributed by atoms with Gasteiger partial charge in [-0.05, 0) is 46.2 Å². The summed E-state index contributed by atoms with van der Waals surface area (Å²) in [5.41, 5.74) is 5.64. The fraction of sp³-hybridized carbons (Fsp3) is 0.929. The molecule has 19 heavy (non-hydrogen) atoms. The molecule has 4 nitrogen and oxygen atoms in total. The van der Waals surface area contributed by atoms with Gasteiger partial charge in [-0.25, -0.2) is 0 Å². The van der Waals surface area contributed by atoms with Gasteiger partial charge in [0, 0.05) is 12.1 Å². The molecule has 0 saturated heterocycles. The minimum atomic E-state index is -0.567. The van der Waals surface area contributed by atoms with E-state index < -0.39 is 5.54 Å². The van der Waals surface area contributed by atoms with E-state index in [1.54, 1.807) is 0 Å². The predicted octanol–water partition coefficient (Wildman–Crippen LogP) is 1.67. The molecule has 0 unspecified atom stereocenters. The summed E-state index contributed by atoms with van der Waals surface area (Å²) >= 11 is 0. The van der Waals surface area contributed by atoms with E-state index in [1.807, 2.05) is 0 Å². The first-order valence-electron chi connectivity index (χ1n) is 7.23. The molecule has 0 bridgehead atoms. The van der Waals surface area contributed by atoms with E-state index in [0.717, 1.165) is 25.8 Å². The summed E-state index contributed by atoms with van der Waals surface area (Å²) in [6.07, 6.45) is 8.98. The maximum atomic E-state index is 12.1. The van der Waals surface area contributed by atoms with Gasteiger partial charge < -0.3 is 16.0 Å². The Labute approximate surface area is 122 Å². The van der Waals surface area contributed by atoms with E-state index in [4.69, 9.17) is 5.73 Å². The lowest BCUT2D eigenvalue weighted by atomic mass is 9.76. The Bertz CT molecular complexity index is 310. The van der Waals surface area contributed by atoms with Crippen LogP contribution in [0.15, 0.2) is 0 Å². The summed E-state index contributed by atoms with van der Waals surface area (Å²) in [5.74, 6) is 0.0561. The van der Waals surface area contributed by atoms with Gasteiger partial charge >= 0.3 is 0 Å². The van der Waals surface area contributed by atoms with E-state index >= 15 is 0 Å². The van der Waals surface area contributed by atoms with Gasteiger partial charge in [0.15, 0.2) is 0 Å². The van der Waals surface area contributed by atoms with Crippen molar-refractivity contribution in [1.82, 2.24) is 10.2 Å². The number of likely N-dealkylation sites (N-methyl/N-ethyl adjacent to an activating group) is 1. The average Bonchev–Trinajstić information content (AvgIpc) is 2.34. The van der Waals surface area contributed by atoms with Crippen LogP contribution in [0.4, 0.5) is 0 Å². The van der Waals surface area contributed by atoms with Crippen molar-refractivity contribution in [2.75, 3.05) is 20.6 Å². The third-order valence-corrected chi connectivity index (χ3v) is 5.01. The Hall–Kier alpha value is -0.320. The Morgan fingerprint density at radius 3 is 2.11 bits per heavy atom. The first-order chi connectivity index (χ1) is 8.49. The number of nitrogens with two attached hydrogens (primary N) is 1. The highest BCUT2D eigenvalue weighted by Gasteiger charge is 2.42. The monoisotopic (exact) mass is 289 g/mol. The van der Waals surface area contributed by atoms with E-state index in [9.17, 15) is 4.79 Å². The summed E-state index contributed by atoms with van der Waals surface area (Å²) in [6.45, 7) is 0.748. The highest BCUT2D eigenvalue weighted by Crippen LogP contribution is 2.33. The van der Waals surface area contributed by atoms with Crippen LogP contribution < -0.4 is 11.1 Å². The normalized spacial score (nSPS) is 24.2. The summed E-state index contributed by atoms with van der Waals surface area (Å²) in [6, 6.07) is 0. The molecule has 2 fully saturated rings. The Kier molecular flexibility index (Phi) is 5.65. The van der Waals surface area contributed by atoms with Gasteiger partial charge in [-0.2, -0.15) is 0 Å². The highest BCUT2D eigenvalue weighted by molar-refractivity contribution is 5.87. The minimum Gasteiger partial charge on any atom is -0.353 e. The van der Waals surface area contributed by atoms with Crippen molar-refractivity contribution in [3.63, 3.8) is 0 Å². The van der Waals surface area contributed by atoms with Gasteiger partial charge in [0.25, 0.3) is 0 Å². The van der Waals surface area contributed by atoms with Gasteiger partial charge in [0.05, 0.1) is 5.54 Å². The minimum absolute atomic E-state index is 0. The summed E-state index contributed by atoms with van der Waals surface area (Å²) < 4.78 is 0. The fourth-order valence-electron chi connectivity index (χ4n) is 3.20. The molecule has 1 amide bonds. The molecular formula is C14H28ClN3O. The van der Waals surface area contributed by atoms with E-state index in [2.05, 4.69) is 24.3 Å². The SMILES string of the molecule is CN(C)C1(CNC(=O)C2(N)CCC2)CCCCC1.Cl. The number of carbonyl (C=O) groups is 1. The van der Waals surface area contributed by atoms with Crippen molar-refractivity contribution in [3.05, 3.63) is 0 Å². The van der Waals surface area contributed by atoms with Gasteiger partial charge in [-0.3, -0.25) is 4.79 Å². The van der Waals surface area contributed by atoms with Crippen molar-refractivity contribution in [2.24, 2.45) is 5.73 Å². The number of amides is 1. The molecule has 0 radical (unpaired) electrons. The molecular weight excluding hydrogens is 262 g/mol. The van der Waals surface area contributed by atoms with Crippen LogP contribution >= 0.6 is 12.4 Å². The molecule has 3 N–H and O–H groups in total. The second-order valence-electron chi connectivity index (χ2n) is 6.37. The number of nitrogens with zero attached hydrogens (tertiary/aromatic N) is 1. The van der Waals surface area contributed by atoms with Gasteiger partial charge in [0.2, 0.25) is 5.91 Å². The second kappa shape index (κ2) is 6.42. The number of carbonyl (C=O) groups excluding carboxylic acids is 1. The summed E-state index contributed by atoms with van der Waals surface area (Å²) in [7, 11) is 4.25. The quantitative estimate of drug-likeness (QED) is 0.828. The van der Waals surface area contributed by atoms with E-state index in [0.29, 0.717) is 0 Å². The van der Waals surface area contributed by atoms with Crippen molar-refractivity contribution in [3.8, 4) is 0 Å².